The zero-order chi connectivity index (χ0) is 19.8. The molecule has 0 spiro atoms. The Kier molecular flexibility index (Phi) is 7.25. The first-order chi connectivity index (χ1) is 13.8. The van der Waals surface area contributed by atoms with Crippen LogP contribution in [-0.2, 0) is 11.2 Å². The van der Waals surface area contributed by atoms with Crippen molar-refractivity contribution in [3.63, 3.8) is 0 Å². The number of unbranched alkanes of at least 4 members (excludes halogenated alkanes) is 3. The van der Waals surface area contributed by atoms with E-state index < -0.39 is 0 Å². The molecule has 28 heavy (non-hydrogen) atoms. The maximum absolute atomic E-state index is 12.7. The average molecular weight is 375 g/mol. The molecule has 1 aliphatic rings. The summed E-state index contributed by atoms with van der Waals surface area (Å²) in [6.45, 7) is 7.65. The lowest BCUT2D eigenvalue weighted by atomic mass is 9.79. The lowest BCUT2D eigenvalue weighted by Crippen LogP contribution is -2.27. The van der Waals surface area contributed by atoms with Crippen molar-refractivity contribution in [3.05, 3.63) is 96.1 Å². The number of esters is 1. The van der Waals surface area contributed by atoms with E-state index in [9.17, 15) is 4.79 Å². The SMILES string of the molecule is C=CCCCCc1ccccc1C1OC(=O)c2ccccc2C1CCCC=C. The van der Waals surface area contributed by atoms with E-state index in [1.807, 2.05) is 30.4 Å². The summed E-state index contributed by atoms with van der Waals surface area (Å²) < 4.78 is 6.03. The van der Waals surface area contributed by atoms with Crippen LogP contribution < -0.4 is 0 Å². The summed E-state index contributed by atoms with van der Waals surface area (Å²) in [6, 6.07) is 16.4. The van der Waals surface area contributed by atoms with Crippen LogP contribution >= 0.6 is 0 Å². The Morgan fingerprint density at radius 3 is 2.32 bits per heavy atom. The molecular formula is C26H30O2. The number of fused-ring (bicyclic) bond motifs is 1. The molecule has 0 aliphatic carbocycles. The van der Waals surface area contributed by atoms with Crippen molar-refractivity contribution in [2.24, 2.45) is 0 Å². The summed E-state index contributed by atoms with van der Waals surface area (Å²) in [5.41, 5.74) is 4.28. The van der Waals surface area contributed by atoms with Crippen LogP contribution in [0.5, 0.6) is 0 Å². The van der Waals surface area contributed by atoms with Crippen molar-refractivity contribution in [2.75, 3.05) is 0 Å². The highest BCUT2D eigenvalue weighted by Crippen LogP contribution is 2.44. The molecule has 0 fully saturated rings. The van der Waals surface area contributed by atoms with E-state index in [0.29, 0.717) is 5.56 Å². The number of carbonyl (C=O) groups excluding carboxylic acids is 1. The molecule has 2 unspecified atom stereocenters. The van der Waals surface area contributed by atoms with E-state index in [2.05, 4.69) is 43.5 Å². The monoisotopic (exact) mass is 374 g/mol. The summed E-state index contributed by atoms with van der Waals surface area (Å²) >= 11 is 0. The lowest BCUT2D eigenvalue weighted by molar-refractivity contribution is 0.0153. The van der Waals surface area contributed by atoms with Gasteiger partial charge in [0.25, 0.3) is 0 Å². The average Bonchev–Trinajstić information content (AvgIpc) is 2.73. The number of hydrogen-bond acceptors (Lipinski definition) is 2. The predicted molar refractivity (Wildman–Crippen MR) is 116 cm³/mol. The summed E-state index contributed by atoms with van der Waals surface area (Å²) in [6.07, 6.45) is 11.0. The van der Waals surface area contributed by atoms with Crippen LogP contribution in [0.1, 0.15) is 77.6 Å². The standard InChI is InChI=1S/C26H30O2/c1-3-5-7-9-14-20-15-10-11-16-21(20)25-23(18-8-6-4-2)22-17-12-13-19-24(22)26(27)28-25/h3-4,10-13,15-17,19,23,25H,1-2,5-9,14,18H2. The minimum Gasteiger partial charge on any atom is -0.453 e. The number of rotatable bonds is 10. The fourth-order valence-corrected chi connectivity index (χ4v) is 4.14. The Hall–Kier alpha value is -2.61. The second-order valence-corrected chi connectivity index (χ2v) is 7.47. The van der Waals surface area contributed by atoms with Crippen LogP contribution in [0, 0.1) is 0 Å². The highest BCUT2D eigenvalue weighted by molar-refractivity contribution is 5.92. The third-order valence-corrected chi connectivity index (χ3v) is 5.57. The Labute approximate surface area is 168 Å². The fourth-order valence-electron chi connectivity index (χ4n) is 4.14. The highest BCUT2D eigenvalue weighted by Gasteiger charge is 2.36. The van der Waals surface area contributed by atoms with Gasteiger partial charge in [0.2, 0.25) is 0 Å². The van der Waals surface area contributed by atoms with E-state index >= 15 is 0 Å². The third-order valence-electron chi connectivity index (χ3n) is 5.57. The molecule has 1 heterocycles. The molecule has 0 N–H and O–H groups in total. The maximum atomic E-state index is 12.7. The van der Waals surface area contributed by atoms with Gasteiger partial charge in [-0.3, -0.25) is 0 Å². The minimum absolute atomic E-state index is 0.183. The summed E-state index contributed by atoms with van der Waals surface area (Å²) in [7, 11) is 0. The largest absolute Gasteiger partial charge is 0.453 e. The van der Waals surface area contributed by atoms with Crippen molar-refractivity contribution < 1.29 is 9.53 Å². The zero-order valence-electron chi connectivity index (χ0n) is 16.6. The van der Waals surface area contributed by atoms with Crippen molar-refractivity contribution >= 4 is 5.97 Å². The number of aryl methyl sites for hydroxylation is 1. The Balaban J connectivity index is 1.91. The lowest BCUT2D eigenvalue weighted by Gasteiger charge is -2.34. The summed E-state index contributed by atoms with van der Waals surface area (Å²) in [5.74, 6) is -0.0230. The van der Waals surface area contributed by atoms with Gasteiger partial charge in [-0.05, 0) is 67.7 Å². The second kappa shape index (κ2) is 10.1. The normalized spacial score (nSPS) is 18.2. The van der Waals surface area contributed by atoms with Gasteiger partial charge in [-0.1, -0.05) is 54.6 Å². The predicted octanol–water partition coefficient (Wildman–Crippen LogP) is 6.94. The van der Waals surface area contributed by atoms with E-state index in [1.54, 1.807) is 0 Å². The smallest absolute Gasteiger partial charge is 0.339 e. The molecule has 2 nitrogen and oxygen atoms in total. The van der Waals surface area contributed by atoms with Gasteiger partial charge in [-0.15, -0.1) is 13.2 Å². The van der Waals surface area contributed by atoms with Gasteiger partial charge in [0, 0.05) is 5.92 Å². The molecule has 2 aromatic carbocycles. The van der Waals surface area contributed by atoms with Gasteiger partial charge in [0.15, 0.2) is 0 Å². The molecular weight excluding hydrogens is 344 g/mol. The van der Waals surface area contributed by atoms with Crippen LogP contribution in [0.3, 0.4) is 0 Å². The highest BCUT2D eigenvalue weighted by atomic mass is 16.5. The molecule has 1 aliphatic heterocycles. The molecule has 0 aromatic heterocycles. The second-order valence-electron chi connectivity index (χ2n) is 7.47. The molecule has 0 saturated carbocycles. The minimum atomic E-state index is -0.220. The summed E-state index contributed by atoms with van der Waals surface area (Å²) in [4.78, 5) is 12.7. The van der Waals surface area contributed by atoms with E-state index in [4.69, 9.17) is 4.74 Å². The first-order valence-electron chi connectivity index (χ1n) is 10.4. The van der Waals surface area contributed by atoms with Crippen LogP contribution in [0.15, 0.2) is 73.8 Å². The Morgan fingerprint density at radius 1 is 0.857 bits per heavy atom. The number of ether oxygens (including phenoxy) is 1. The van der Waals surface area contributed by atoms with Crippen LogP contribution in [0.4, 0.5) is 0 Å². The van der Waals surface area contributed by atoms with E-state index in [0.717, 1.165) is 56.1 Å². The van der Waals surface area contributed by atoms with Gasteiger partial charge in [-0.2, -0.15) is 0 Å². The molecule has 0 saturated heterocycles. The topological polar surface area (TPSA) is 26.3 Å². The molecule has 146 valence electrons. The van der Waals surface area contributed by atoms with Crippen molar-refractivity contribution in [1.29, 1.82) is 0 Å². The van der Waals surface area contributed by atoms with Gasteiger partial charge >= 0.3 is 5.97 Å². The Bertz CT molecular complexity index is 821. The third kappa shape index (κ3) is 4.62. The molecule has 0 radical (unpaired) electrons. The summed E-state index contributed by atoms with van der Waals surface area (Å²) in [5, 5.41) is 0. The van der Waals surface area contributed by atoms with Gasteiger partial charge < -0.3 is 4.74 Å². The van der Waals surface area contributed by atoms with Gasteiger partial charge in [0.1, 0.15) is 6.10 Å². The van der Waals surface area contributed by atoms with Crippen LogP contribution in [0.2, 0.25) is 0 Å². The van der Waals surface area contributed by atoms with Gasteiger partial charge in [-0.25, -0.2) is 4.79 Å². The first kappa shape index (κ1) is 20.1. The zero-order valence-corrected chi connectivity index (χ0v) is 16.6. The maximum Gasteiger partial charge on any atom is 0.339 e. The molecule has 2 atom stereocenters. The quantitative estimate of drug-likeness (QED) is 0.256. The number of carbonyl (C=O) groups is 1. The fraction of sp³-hybridized carbons (Fsp3) is 0.346. The molecule has 2 aromatic rings. The van der Waals surface area contributed by atoms with Crippen LogP contribution in [0.25, 0.3) is 0 Å². The molecule has 0 bridgehead atoms. The number of benzene rings is 2. The van der Waals surface area contributed by atoms with Crippen molar-refractivity contribution in [3.8, 4) is 0 Å². The molecule has 3 rings (SSSR count). The number of allylic oxidation sites excluding steroid dienone is 2. The van der Waals surface area contributed by atoms with Crippen LogP contribution in [-0.4, -0.2) is 5.97 Å². The van der Waals surface area contributed by atoms with E-state index in [1.165, 1.54) is 5.56 Å². The van der Waals surface area contributed by atoms with E-state index in [-0.39, 0.29) is 18.0 Å². The number of hydrogen-bond donors (Lipinski definition) is 0. The first-order valence-corrected chi connectivity index (χ1v) is 10.4. The van der Waals surface area contributed by atoms with Crippen molar-refractivity contribution in [1.82, 2.24) is 0 Å². The van der Waals surface area contributed by atoms with Gasteiger partial charge in [0.05, 0.1) is 5.56 Å². The molecule has 2 heteroatoms. The van der Waals surface area contributed by atoms with Crippen molar-refractivity contribution in [2.45, 2.75) is 57.0 Å². The molecule has 0 amide bonds. The Morgan fingerprint density at radius 2 is 1.54 bits per heavy atom. The number of cyclic esters (lactones) is 1.